The highest BCUT2D eigenvalue weighted by molar-refractivity contribution is 4.95. The maximum atomic E-state index is 3.96. The van der Waals surface area contributed by atoms with Gasteiger partial charge in [-0.1, -0.05) is 6.92 Å². The summed E-state index contributed by atoms with van der Waals surface area (Å²) in [4.78, 5) is 7.03. The molecule has 0 unspecified atom stereocenters. The van der Waals surface area contributed by atoms with Gasteiger partial charge >= 0.3 is 0 Å². The molecule has 1 aliphatic carbocycles. The molecular weight excluding hydrogens is 150 g/mol. The molecule has 3 nitrogen and oxygen atoms in total. The molecule has 1 aromatic heterocycles. The zero-order chi connectivity index (χ0) is 8.44. The van der Waals surface area contributed by atoms with Gasteiger partial charge in [0.2, 0.25) is 0 Å². The summed E-state index contributed by atoms with van der Waals surface area (Å²) in [5, 5.41) is 3.42. The molecule has 3 heteroatoms. The van der Waals surface area contributed by atoms with E-state index in [9.17, 15) is 0 Å². The molecular formula is C9H15N3. The molecule has 1 heterocycles. The van der Waals surface area contributed by atoms with Crippen molar-refractivity contribution < 1.29 is 0 Å². The molecule has 1 fully saturated rings. The van der Waals surface area contributed by atoms with Crippen molar-refractivity contribution in [2.45, 2.75) is 26.3 Å². The van der Waals surface area contributed by atoms with Crippen molar-refractivity contribution in [3.8, 4) is 0 Å². The molecule has 0 amide bonds. The number of rotatable bonds is 4. The van der Waals surface area contributed by atoms with Crippen LogP contribution in [-0.2, 0) is 6.54 Å². The summed E-state index contributed by atoms with van der Waals surface area (Å²) in [6.07, 6.45) is 6.34. The first-order valence-corrected chi connectivity index (χ1v) is 4.47. The minimum atomic E-state index is 0.597. The highest BCUT2D eigenvalue weighted by Gasteiger charge is 2.36. The Morgan fingerprint density at radius 2 is 2.50 bits per heavy atom. The largest absolute Gasteiger partial charge is 0.347 e. The molecule has 1 aliphatic rings. The molecule has 0 aromatic carbocycles. The second-order valence-electron chi connectivity index (χ2n) is 3.99. The van der Waals surface area contributed by atoms with Crippen LogP contribution in [0.3, 0.4) is 0 Å². The van der Waals surface area contributed by atoms with Crippen LogP contribution in [0.1, 0.15) is 25.5 Å². The second kappa shape index (κ2) is 2.90. The van der Waals surface area contributed by atoms with Gasteiger partial charge in [0.1, 0.15) is 0 Å². The van der Waals surface area contributed by atoms with Crippen molar-refractivity contribution >= 4 is 0 Å². The number of hydrogen-bond donors (Lipinski definition) is 2. The van der Waals surface area contributed by atoms with Crippen molar-refractivity contribution in [2.24, 2.45) is 5.41 Å². The van der Waals surface area contributed by atoms with E-state index < -0.39 is 0 Å². The normalized spacial score (nSPS) is 19.4. The smallest absolute Gasteiger partial charge is 0.0922 e. The van der Waals surface area contributed by atoms with Crippen molar-refractivity contribution in [1.29, 1.82) is 0 Å². The summed E-state index contributed by atoms with van der Waals surface area (Å²) in [5.74, 6) is 0. The first-order valence-electron chi connectivity index (χ1n) is 4.47. The Hall–Kier alpha value is -0.830. The minimum Gasteiger partial charge on any atom is -0.347 e. The Labute approximate surface area is 72.6 Å². The fourth-order valence-electron chi connectivity index (χ4n) is 1.27. The summed E-state index contributed by atoms with van der Waals surface area (Å²) in [6.45, 7) is 4.37. The third kappa shape index (κ3) is 1.85. The Morgan fingerprint density at radius 1 is 1.67 bits per heavy atom. The second-order valence-corrected chi connectivity index (χ2v) is 3.99. The predicted octanol–water partition coefficient (Wildman–Crippen LogP) is 1.30. The van der Waals surface area contributed by atoms with Gasteiger partial charge in [-0.05, 0) is 18.3 Å². The van der Waals surface area contributed by atoms with Crippen LogP contribution in [-0.4, -0.2) is 16.5 Å². The third-order valence-electron chi connectivity index (χ3n) is 2.53. The number of hydrogen-bond acceptors (Lipinski definition) is 2. The van der Waals surface area contributed by atoms with E-state index in [1.54, 1.807) is 6.33 Å². The van der Waals surface area contributed by atoms with Crippen molar-refractivity contribution in [2.75, 3.05) is 6.54 Å². The number of aromatic amines is 1. The quantitative estimate of drug-likeness (QED) is 0.706. The van der Waals surface area contributed by atoms with E-state index in [0.717, 1.165) is 13.1 Å². The molecule has 0 saturated heterocycles. The SMILES string of the molecule is CC1(CNCc2cnc[nH]2)CC1. The van der Waals surface area contributed by atoms with Gasteiger partial charge in [0.15, 0.2) is 0 Å². The summed E-state index contributed by atoms with van der Waals surface area (Å²) in [6, 6.07) is 0. The van der Waals surface area contributed by atoms with Crippen molar-refractivity contribution in [3.05, 3.63) is 18.2 Å². The van der Waals surface area contributed by atoms with Crippen LogP contribution in [0.15, 0.2) is 12.5 Å². The predicted molar refractivity (Wildman–Crippen MR) is 47.6 cm³/mol. The molecule has 0 spiro atoms. The van der Waals surface area contributed by atoms with Crippen LogP contribution in [0.2, 0.25) is 0 Å². The molecule has 66 valence electrons. The van der Waals surface area contributed by atoms with Gasteiger partial charge in [-0.25, -0.2) is 4.98 Å². The zero-order valence-electron chi connectivity index (χ0n) is 7.43. The number of H-pyrrole nitrogens is 1. The van der Waals surface area contributed by atoms with Crippen LogP contribution in [0, 0.1) is 5.41 Å². The van der Waals surface area contributed by atoms with Crippen molar-refractivity contribution in [1.82, 2.24) is 15.3 Å². The van der Waals surface area contributed by atoms with Crippen LogP contribution in [0.25, 0.3) is 0 Å². The maximum absolute atomic E-state index is 3.96. The summed E-state index contributed by atoms with van der Waals surface area (Å²) in [5.41, 5.74) is 1.76. The number of imidazole rings is 1. The maximum Gasteiger partial charge on any atom is 0.0922 e. The topological polar surface area (TPSA) is 40.7 Å². The first kappa shape index (κ1) is 7.80. The highest BCUT2D eigenvalue weighted by Crippen LogP contribution is 2.43. The summed E-state index contributed by atoms with van der Waals surface area (Å²) >= 11 is 0. The van der Waals surface area contributed by atoms with Crippen LogP contribution in [0.4, 0.5) is 0 Å². The van der Waals surface area contributed by atoms with Gasteiger partial charge in [-0.3, -0.25) is 0 Å². The van der Waals surface area contributed by atoms with E-state index in [1.165, 1.54) is 18.5 Å². The van der Waals surface area contributed by atoms with Crippen LogP contribution < -0.4 is 5.32 Å². The Morgan fingerprint density at radius 3 is 3.08 bits per heavy atom. The standard InChI is InChI=1S/C9H15N3/c1-9(2-3-9)6-10-4-8-5-11-7-12-8/h5,7,10H,2-4,6H2,1H3,(H,11,12). The molecule has 2 N–H and O–H groups in total. The van der Waals surface area contributed by atoms with Crippen LogP contribution >= 0.6 is 0 Å². The Balaban J connectivity index is 1.69. The monoisotopic (exact) mass is 165 g/mol. The Bertz CT molecular complexity index is 236. The molecule has 12 heavy (non-hydrogen) atoms. The molecule has 2 rings (SSSR count). The molecule has 1 saturated carbocycles. The summed E-state index contributed by atoms with van der Waals surface area (Å²) < 4.78 is 0. The van der Waals surface area contributed by atoms with Crippen molar-refractivity contribution in [3.63, 3.8) is 0 Å². The first-order chi connectivity index (χ1) is 5.79. The fourth-order valence-corrected chi connectivity index (χ4v) is 1.27. The molecule has 0 atom stereocenters. The van der Waals surface area contributed by atoms with Gasteiger partial charge < -0.3 is 10.3 Å². The average Bonchev–Trinajstić information content (AvgIpc) is 2.61. The number of nitrogens with one attached hydrogen (secondary N) is 2. The van der Waals surface area contributed by atoms with E-state index in [0.29, 0.717) is 5.41 Å². The number of aromatic nitrogens is 2. The van der Waals surface area contributed by atoms with Gasteiger partial charge in [0.05, 0.1) is 6.33 Å². The highest BCUT2D eigenvalue weighted by atomic mass is 14.9. The fraction of sp³-hybridized carbons (Fsp3) is 0.667. The number of nitrogens with zero attached hydrogens (tertiary/aromatic N) is 1. The molecule has 0 aliphatic heterocycles. The van der Waals surface area contributed by atoms with E-state index in [4.69, 9.17) is 0 Å². The van der Waals surface area contributed by atoms with Gasteiger partial charge in [0, 0.05) is 25.0 Å². The molecule has 1 aromatic rings. The molecule has 0 radical (unpaired) electrons. The zero-order valence-corrected chi connectivity index (χ0v) is 7.43. The average molecular weight is 165 g/mol. The lowest BCUT2D eigenvalue weighted by Crippen LogP contribution is -2.21. The third-order valence-corrected chi connectivity index (χ3v) is 2.53. The minimum absolute atomic E-state index is 0.597. The van der Waals surface area contributed by atoms with Crippen LogP contribution in [0.5, 0.6) is 0 Å². The van der Waals surface area contributed by atoms with E-state index in [1.807, 2.05) is 6.20 Å². The van der Waals surface area contributed by atoms with Gasteiger partial charge in [0.25, 0.3) is 0 Å². The van der Waals surface area contributed by atoms with E-state index in [-0.39, 0.29) is 0 Å². The van der Waals surface area contributed by atoms with E-state index in [2.05, 4.69) is 22.2 Å². The van der Waals surface area contributed by atoms with Gasteiger partial charge in [-0.15, -0.1) is 0 Å². The lowest BCUT2D eigenvalue weighted by Gasteiger charge is -2.08. The van der Waals surface area contributed by atoms with Gasteiger partial charge in [-0.2, -0.15) is 0 Å². The molecule has 0 bridgehead atoms. The lowest BCUT2D eigenvalue weighted by molar-refractivity contribution is 0.497. The lowest BCUT2D eigenvalue weighted by atomic mass is 10.1. The van der Waals surface area contributed by atoms with E-state index >= 15 is 0 Å². The Kier molecular flexibility index (Phi) is 1.89. The summed E-state index contributed by atoms with van der Waals surface area (Å²) in [7, 11) is 0.